The van der Waals surface area contributed by atoms with Crippen LogP contribution >= 0.6 is 0 Å². The van der Waals surface area contributed by atoms with Crippen LogP contribution in [-0.4, -0.2) is 30.7 Å². The molecule has 1 fully saturated rings. The second-order valence-electron chi connectivity index (χ2n) is 5.96. The number of hydrogen-bond acceptors (Lipinski definition) is 4. The first-order chi connectivity index (χ1) is 9.72. The zero-order chi connectivity index (χ0) is 13.7. The number of hydrogen-bond donors (Lipinski definition) is 0. The van der Waals surface area contributed by atoms with Gasteiger partial charge in [-0.25, -0.2) is 9.97 Å². The van der Waals surface area contributed by atoms with E-state index in [1.807, 2.05) is 17.9 Å². The molecule has 2 bridgehead atoms. The molecule has 20 heavy (non-hydrogen) atoms. The van der Waals surface area contributed by atoms with Crippen molar-refractivity contribution in [2.45, 2.75) is 44.8 Å². The van der Waals surface area contributed by atoms with E-state index in [1.165, 1.54) is 29.7 Å². The Labute approximate surface area is 118 Å². The van der Waals surface area contributed by atoms with E-state index in [2.05, 4.69) is 33.1 Å². The Morgan fingerprint density at radius 2 is 2.25 bits per heavy atom. The summed E-state index contributed by atoms with van der Waals surface area (Å²) in [6, 6.07) is 1.12. The first-order valence-electron chi connectivity index (χ1n) is 7.26. The van der Waals surface area contributed by atoms with Gasteiger partial charge in [0.05, 0.1) is 11.4 Å². The van der Waals surface area contributed by atoms with Gasteiger partial charge in [0, 0.05) is 55.6 Å². The van der Waals surface area contributed by atoms with Crippen LogP contribution in [0.5, 0.6) is 0 Å². The van der Waals surface area contributed by atoms with Gasteiger partial charge in [-0.05, 0) is 19.8 Å². The summed E-state index contributed by atoms with van der Waals surface area (Å²) in [6.07, 6.45) is 9.39. The fourth-order valence-corrected chi connectivity index (χ4v) is 3.77. The van der Waals surface area contributed by atoms with Crippen LogP contribution < -0.4 is 0 Å². The number of fused-ring (bicyclic) bond motifs is 4. The third kappa shape index (κ3) is 1.77. The summed E-state index contributed by atoms with van der Waals surface area (Å²) in [5, 5.41) is 4.46. The highest BCUT2D eigenvalue weighted by molar-refractivity contribution is 5.28. The van der Waals surface area contributed by atoms with Crippen molar-refractivity contribution in [2.75, 3.05) is 0 Å². The van der Waals surface area contributed by atoms with Crippen LogP contribution in [0.1, 0.15) is 41.4 Å². The van der Waals surface area contributed by atoms with E-state index in [1.54, 1.807) is 6.33 Å². The molecule has 0 aliphatic carbocycles. The Balaban J connectivity index is 1.66. The van der Waals surface area contributed by atoms with Gasteiger partial charge in [0.25, 0.3) is 0 Å². The largest absolute Gasteiger partial charge is 0.288 e. The molecule has 0 saturated carbocycles. The summed E-state index contributed by atoms with van der Waals surface area (Å²) in [5.74, 6) is 0. The Hall–Kier alpha value is -1.75. The van der Waals surface area contributed by atoms with Gasteiger partial charge in [0.2, 0.25) is 0 Å². The molecule has 2 aromatic heterocycles. The van der Waals surface area contributed by atoms with Crippen molar-refractivity contribution in [1.82, 2.24) is 24.6 Å². The van der Waals surface area contributed by atoms with Crippen molar-refractivity contribution in [3.8, 4) is 0 Å². The summed E-state index contributed by atoms with van der Waals surface area (Å²) >= 11 is 0. The first-order valence-corrected chi connectivity index (χ1v) is 7.26. The molecule has 0 spiro atoms. The number of aryl methyl sites for hydroxylation is 2. The van der Waals surface area contributed by atoms with Crippen LogP contribution in [-0.2, 0) is 20.0 Å². The highest BCUT2D eigenvalue weighted by Crippen LogP contribution is 2.43. The molecule has 0 amide bonds. The maximum atomic E-state index is 4.47. The van der Waals surface area contributed by atoms with Crippen molar-refractivity contribution in [3.05, 3.63) is 41.2 Å². The standard InChI is InChI=1S/C15H19N5/c1-10-11(7-19(2)18-10)8-20-12-3-4-15(20)13-6-16-9-17-14(13)5-12/h6-7,9,12,15H,3-5,8H2,1-2H3. The third-order valence-electron chi connectivity index (χ3n) is 4.73. The summed E-state index contributed by atoms with van der Waals surface area (Å²) in [5.41, 5.74) is 5.07. The zero-order valence-corrected chi connectivity index (χ0v) is 12.0. The fraction of sp³-hybridized carbons (Fsp3) is 0.533. The Morgan fingerprint density at radius 1 is 1.35 bits per heavy atom. The second kappa shape index (κ2) is 4.38. The van der Waals surface area contributed by atoms with E-state index in [4.69, 9.17) is 0 Å². The van der Waals surface area contributed by atoms with Crippen molar-refractivity contribution >= 4 is 0 Å². The average molecular weight is 269 g/mol. The highest BCUT2D eigenvalue weighted by Gasteiger charge is 2.40. The summed E-state index contributed by atoms with van der Waals surface area (Å²) in [7, 11) is 1.99. The number of rotatable bonds is 2. The Kier molecular flexibility index (Phi) is 2.63. The summed E-state index contributed by atoms with van der Waals surface area (Å²) < 4.78 is 1.91. The molecule has 5 nitrogen and oxygen atoms in total. The van der Waals surface area contributed by atoms with Crippen LogP contribution in [0.15, 0.2) is 18.7 Å². The summed E-state index contributed by atoms with van der Waals surface area (Å²) in [6.45, 7) is 3.08. The van der Waals surface area contributed by atoms with Crippen LogP contribution in [0, 0.1) is 6.92 Å². The molecule has 0 N–H and O–H groups in total. The molecule has 2 aliphatic rings. The van der Waals surface area contributed by atoms with E-state index in [0.29, 0.717) is 12.1 Å². The van der Waals surface area contributed by atoms with E-state index < -0.39 is 0 Å². The SMILES string of the molecule is Cc1nn(C)cc1CN1C2CCC1c1cncnc1C2. The molecule has 4 heterocycles. The maximum Gasteiger partial charge on any atom is 0.115 e. The van der Waals surface area contributed by atoms with Crippen LogP contribution in [0.4, 0.5) is 0 Å². The minimum atomic E-state index is 0.490. The van der Waals surface area contributed by atoms with Crippen LogP contribution in [0.2, 0.25) is 0 Å². The molecular weight excluding hydrogens is 250 g/mol. The lowest BCUT2D eigenvalue weighted by Crippen LogP contribution is -2.37. The van der Waals surface area contributed by atoms with Crippen LogP contribution in [0.25, 0.3) is 0 Å². The van der Waals surface area contributed by atoms with Crippen LogP contribution in [0.3, 0.4) is 0 Å². The van der Waals surface area contributed by atoms with Gasteiger partial charge in [-0.2, -0.15) is 5.10 Å². The molecule has 2 atom stereocenters. The van der Waals surface area contributed by atoms with Crippen molar-refractivity contribution in [2.24, 2.45) is 7.05 Å². The normalized spacial score (nSPS) is 24.9. The number of aromatic nitrogens is 4. The van der Waals surface area contributed by atoms with Crippen molar-refractivity contribution in [1.29, 1.82) is 0 Å². The molecular formula is C15H19N5. The smallest absolute Gasteiger partial charge is 0.115 e. The van der Waals surface area contributed by atoms with Crippen molar-refractivity contribution < 1.29 is 0 Å². The molecule has 5 heteroatoms. The highest BCUT2D eigenvalue weighted by atomic mass is 15.3. The van der Waals surface area contributed by atoms with Gasteiger partial charge in [0.15, 0.2) is 0 Å². The Bertz CT molecular complexity index is 647. The molecule has 2 unspecified atom stereocenters. The minimum Gasteiger partial charge on any atom is -0.288 e. The lowest BCUT2D eigenvalue weighted by atomic mass is 9.98. The van der Waals surface area contributed by atoms with Gasteiger partial charge >= 0.3 is 0 Å². The Morgan fingerprint density at radius 3 is 3.05 bits per heavy atom. The zero-order valence-electron chi connectivity index (χ0n) is 12.0. The van der Waals surface area contributed by atoms with Gasteiger partial charge in [-0.3, -0.25) is 9.58 Å². The lowest BCUT2D eigenvalue weighted by molar-refractivity contribution is 0.166. The van der Waals surface area contributed by atoms with Gasteiger partial charge < -0.3 is 0 Å². The second-order valence-corrected chi connectivity index (χ2v) is 5.96. The predicted octanol–water partition coefficient (Wildman–Crippen LogP) is 1.78. The predicted molar refractivity (Wildman–Crippen MR) is 75.0 cm³/mol. The molecule has 104 valence electrons. The fourth-order valence-electron chi connectivity index (χ4n) is 3.77. The molecule has 2 aliphatic heterocycles. The van der Waals surface area contributed by atoms with Gasteiger partial charge in [-0.1, -0.05) is 0 Å². The molecule has 0 aromatic carbocycles. The lowest BCUT2D eigenvalue weighted by Gasteiger charge is -2.35. The topological polar surface area (TPSA) is 46.8 Å². The molecule has 2 aromatic rings. The summed E-state index contributed by atoms with van der Waals surface area (Å²) in [4.78, 5) is 11.3. The molecule has 4 rings (SSSR count). The minimum absolute atomic E-state index is 0.490. The first kappa shape index (κ1) is 12.0. The van der Waals surface area contributed by atoms with Gasteiger partial charge in [-0.15, -0.1) is 0 Å². The monoisotopic (exact) mass is 269 g/mol. The van der Waals surface area contributed by atoms with Gasteiger partial charge in [0.1, 0.15) is 6.33 Å². The quantitative estimate of drug-likeness (QED) is 0.834. The van der Waals surface area contributed by atoms with Crippen molar-refractivity contribution in [3.63, 3.8) is 0 Å². The maximum absolute atomic E-state index is 4.47. The molecule has 1 saturated heterocycles. The van der Waals surface area contributed by atoms with E-state index in [0.717, 1.165) is 18.7 Å². The third-order valence-corrected chi connectivity index (χ3v) is 4.73. The number of nitrogens with zero attached hydrogens (tertiary/aromatic N) is 5. The average Bonchev–Trinajstić information content (AvgIpc) is 2.89. The molecule has 0 radical (unpaired) electrons. The van der Waals surface area contributed by atoms with E-state index in [9.17, 15) is 0 Å². The van der Waals surface area contributed by atoms with E-state index in [-0.39, 0.29) is 0 Å². The van der Waals surface area contributed by atoms with E-state index >= 15 is 0 Å².